The molecule has 1 amide bonds. The van der Waals surface area contributed by atoms with E-state index in [0.29, 0.717) is 11.4 Å². The highest BCUT2D eigenvalue weighted by atomic mass is 19.4. The van der Waals surface area contributed by atoms with Crippen LogP contribution < -0.4 is 11.2 Å². The Morgan fingerprint density at radius 3 is 2.58 bits per heavy atom. The number of allylic oxidation sites excluding steroid dienone is 1. The van der Waals surface area contributed by atoms with Gasteiger partial charge in [-0.15, -0.1) is 4.59 Å². The summed E-state index contributed by atoms with van der Waals surface area (Å²) in [5.74, 6) is 7.26. The van der Waals surface area contributed by atoms with E-state index in [2.05, 4.69) is 20.2 Å². The Balaban J connectivity index is 1.37. The number of likely N-dealkylation sites (tertiary alicyclic amines) is 1. The third-order valence-electron chi connectivity index (χ3n) is 5.66. The molecule has 1 aromatic carbocycles. The van der Waals surface area contributed by atoms with Gasteiger partial charge in [0.1, 0.15) is 12.0 Å². The number of amides is 1. The molecule has 3 aliphatic heterocycles. The van der Waals surface area contributed by atoms with Crippen LogP contribution in [0.25, 0.3) is 0 Å². The molecule has 0 saturated carbocycles. The van der Waals surface area contributed by atoms with Crippen molar-refractivity contribution in [2.24, 2.45) is 15.8 Å². The Hall–Kier alpha value is -3.83. The standard InChI is InChI=1S/C22H18F3N7O/c23-22(24,25)16-6-7-28-18(12-16)29-21(33)15-4-2-14(3-5-15)20-30-19(31-9-1-10-31)17-13-27-8-11-32(17,20)26/h2-8,11-13H,1,9-10,26H2/p+1. The fraction of sp³-hybridized carbons (Fsp3) is 0.182. The fourth-order valence-electron chi connectivity index (χ4n) is 3.75. The Kier molecular flexibility index (Phi) is 4.87. The van der Waals surface area contributed by atoms with Gasteiger partial charge in [-0.25, -0.2) is 4.98 Å². The second-order valence-electron chi connectivity index (χ2n) is 7.80. The van der Waals surface area contributed by atoms with Gasteiger partial charge in [0.2, 0.25) is 11.5 Å². The first-order valence-electron chi connectivity index (χ1n) is 10.2. The molecule has 1 aromatic heterocycles. The second kappa shape index (κ2) is 7.64. The fourth-order valence-corrected chi connectivity index (χ4v) is 3.75. The first-order valence-corrected chi connectivity index (χ1v) is 10.2. The Morgan fingerprint density at radius 1 is 1.15 bits per heavy atom. The smallest absolute Gasteiger partial charge is 0.351 e. The Bertz CT molecular complexity index is 1240. The van der Waals surface area contributed by atoms with Crippen LogP contribution in [-0.4, -0.2) is 45.5 Å². The van der Waals surface area contributed by atoms with Crippen molar-refractivity contribution >= 4 is 23.8 Å². The van der Waals surface area contributed by atoms with Crippen LogP contribution in [0.1, 0.15) is 27.9 Å². The zero-order chi connectivity index (χ0) is 23.2. The number of hydrogen-bond acceptors (Lipinski definition) is 6. The van der Waals surface area contributed by atoms with Crippen molar-refractivity contribution in [1.29, 1.82) is 0 Å². The third kappa shape index (κ3) is 3.70. The summed E-state index contributed by atoms with van der Waals surface area (Å²) in [7, 11) is 0. The normalized spacial score (nSPS) is 21.6. The predicted molar refractivity (Wildman–Crippen MR) is 115 cm³/mol. The number of fused-ring (bicyclic) bond motifs is 1. The average molecular weight is 454 g/mol. The summed E-state index contributed by atoms with van der Waals surface area (Å²) >= 11 is 0. The summed E-state index contributed by atoms with van der Waals surface area (Å²) in [6.45, 7) is 1.80. The molecule has 8 nitrogen and oxygen atoms in total. The minimum Gasteiger partial charge on any atom is -0.351 e. The van der Waals surface area contributed by atoms with Gasteiger partial charge in [-0.2, -0.15) is 24.0 Å². The van der Waals surface area contributed by atoms with E-state index in [1.54, 1.807) is 42.9 Å². The SMILES string of the molecule is N[N+]12C=CN=CC1=C(N1CCC1)N=C2c1ccc(C(=O)Nc2cc(C(F)(F)F)ccn2)cc1. The Morgan fingerprint density at radius 2 is 1.91 bits per heavy atom. The number of benzene rings is 1. The highest BCUT2D eigenvalue weighted by molar-refractivity contribution is 6.05. The van der Waals surface area contributed by atoms with Gasteiger partial charge in [-0.1, -0.05) is 0 Å². The highest BCUT2D eigenvalue weighted by Crippen LogP contribution is 2.34. The molecular weight excluding hydrogens is 435 g/mol. The number of aliphatic imine (C=N–C) groups is 2. The molecule has 1 fully saturated rings. The molecule has 11 heteroatoms. The quantitative estimate of drug-likeness (QED) is 0.548. The number of carbonyl (C=O) groups is 1. The molecule has 0 bridgehead atoms. The summed E-state index contributed by atoms with van der Waals surface area (Å²) in [6.07, 6.45) is 2.61. The van der Waals surface area contributed by atoms with Crippen LogP contribution in [-0.2, 0) is 6.18 Å². The first-order chi connectivity index (χ1) is 15.8. The topological polar surface area (TPSA) is 96.0 Å². The number of aromatic nitrogens is 1. The van der Waals surface area contributed by atoms with E-state index in [1.807, 2.05) is 0 Å². The molecule has 1 atom stereocenters. The van der Waals surface area contributed by atoms with Crippen LogP contribution in [0.5, 0.6) is 0 Å². The van der Waals surface area contributed by atoms with E-state index >= 15 is 0 Å². The first kappa shape index (κ1) is 21.0. The number of nitrogens with one attached hydrogen (secondary N) is 1. The molecule has 0 aliphatic carbocycles. The summed E-state index contributed by atoms with van der Waals surface area (Å²) in [5, 5.41) is 2.40. The number of quaternary nitrogens is 1. The molecule has 168 valence electrons. The molecule has 1 saturated heterocycles. The zero-order valence-electron chi connectivity index (χ0n) is 17.3. The molecule has 1 unspecified atom stereocenters. The number of alkyl halides is 3. The van der Waals surface area contributed by atoms with Gasteiger partial charge in [0.05, 0.1) is 23.5 Å². The number of nitrogens with zero attached hydrogens (tertiary/aromatic N) is 5. The van der Waals surface area contributed by atoms with Crippen molar-refractivity contribution in [1.82, 2.24) is 9.88 Å². The van der Waals surface area contributed by atoms with Gasteiger partial charge in [0, 0.05) is 24.8 Å². The maximum Gasteiger partial charge on any atom is 0.416 e. The van der Waals surface area contributed by atoms with Crippen LogP contribution in [0.4, 0.5) is 19.0 Å². The maximum absolute atomic E-state index is 12.9. The largest absolute Gasteiger partial charge is 0.416 e. The van der Waals surface area contributed by atoms with E-state index < -0.39 is 17.6 Å². The van der Waals surface area contributed by atoms with Crippen molar-refractivity contribution in [3.63, 3.8) is 0 Å². The lowest BCUT2D eigenvalue weighted by Gasteiger charge is -2.32. The molecule has 2 aromatic rings. The zero-order valence-corrected chi connectivity index (χ0v) is 17.3. The van der Waals surface area contributed by atoms with E-state index in [0.717, 1.165) is 49.4 Å². The number of anilines is 1. The summed E-state index contributed by atoms with van der Waals surface area (Å²) < 4.78 is 38.5. The van der Waals surface area contributed by atoms with Gasteiger partial charge in [-0.05, 0) is 42.8 Å². The monoisotopic (exact) mass is 454 g/mol. The van der Waals surface area contributed by atoms with Crippen LogP contribution in [0, 0.1) is 0 Å². The van der Waals surface area contributed by atoms with E-state index in [1.165, 1.54) is 0 Å². The lowest BCUT2D eigenvalue weighted by Crippen LogP contribution is -2.53. The minimum atomic E-state index is -4.53. The summed E-state index contributed by atoms with van der Waals surface area (Å²) in [5.41, 5.74) is 0.842. The van der Waals surface area contributed by atoms with Crippen LogP contribution in [0.2, 0.25) is 0 Å². The van der Waals surface area contributed by atoms with E-state index in [-0.39, 0.29) is 16.0 Å². The Labute approximate surface area is 186 Å². The lowest BCUT2D eigenvalue weighted by atomic mass is 10.1. The highest BCUT2D eigenvalue weighted by Gasteiger charge is 2.46. The van der Waals surface area contributed by atoms with Crippen molar-refractivity contribution in [3.05, 3.63) is 83.2 Å². The summed E-state index contributed by atoms with van der Waals surface area (Å²) in [6, 6.07) is 8.17. The van der Waals surface area contributed by atoms with Gasteiger partial charge in [-0.3, -0.25) is 9.79 Å². The lowest BCUT2D eigenvalue weighted by molar-refractivity contribution is -0.750. The third-order valence-corrected chi connectivity index (χ3v) is 5.66. The van der Waals surface area contributed by atoms with Crippen LogP contribution >= 0.6 is 0 Å². The number of pyridine rings is 1. The van der Waals surface area contributed by atoms with Gasteiger partial charge in [0.25, 0.3) is 11.7 Å². The van der Waals surface area contributed by atoms with Crippen molar-refractivity contribution in [2.75, 3.05) is 18.4 Å². The van der Waals surface area contributed by atoms with Crippen molar-refractivity contribution in [2.45, 2.75) is 12.6 Å². The van der Waals surface area contributed by atoms with Gasteiger partial charge in [0.15, 0.2) is 0 Å². The maximum atomic E-state index is 12.9. The van der Waals surface area contributed by atoms with Crippen LogP contribution in [0.15, 0.2) is 76.5 Å². The van der Waals surface area contributed by atoms with Gasteiger partial charge >= 0.3 is 6.18 Å². The molecular formula is C22H19F3N7O+. The van der Waals surface area contributed by atoms with E-state index in [9.17, 15) is 18.0 Å². The summed E-state index contributed by atoms with van der Waals surface area (Å²) in [4.78, 5) is 27.5. The number of amidine groups is 1. The average Bonchev–Trinajstić information content (AvgIpc) is 3.05. The minimum absolute atomic E-state index is 0.130. The number of rotatable bonds is 4. The van der Waals surface area contributed by atoms with Gasteiger partial charge < -0.3 is 10.2 Å². The van der Waals surface area contributed by atoms with Crippen molar-refractivity contribution in [3.8, 4) is 0 Å². The van der Waals surface area contributed by atoms with Crippen LogP contribution in [0.3, 0.4) is 0 Å². The molecule has 33 heavy (non-hydrogen) atoms. The number of nitrogens with two attached hydrogens (primary N) is 1. The molecule has 5 rings (SSSR count). The number of halogens is 3. The van der Waals surface area contributed by atoms with Crippen molar-refractivity contribution < 1.29 is 22.6 Å². The predicted octanol–water partition coefficient (Wildman–Crippen LogP) is 3.23. The second-order valence-corrected chi connectivity index (χ2v) is 7.80. The molecule has 0 spiro atoms. The molecule has 3 N–H and O–H groups in total. The molecule has 0 radical (unpaired) electrons. The number of hydrogen-bond donors (Lipinski definition) is 2. The number of carbonyl (C=O) groups excluding carboxylic acids is 1. The van der Waals surface area contributed by atoms with E-state index in [4.69, 9.17) is 10.8 Å². The molecule has 3 aliphatic rings. The molecule has 4 heterocycles.